The highest BCUT2D eigenvalue weighted by Crippen LogP contribution is 2.11. The molecule has 0 aliphatic rings. The molecule has 0 saturated heterocycles. The lowest BCUT2D eigenvalue weighted by molar-refractivity contribution is 1.02. The highest BCUT2D eigenvalue weighted by atomic mass is 32.1. The molecule has 1 heterocycles. The van der Waals surface area contributed by atoms with E-state index in [1.54, 1.807) is 11.3 Å². The Morgan fingerprint density at radius 2 is 2.00 bits per heavy atom. The molecule has 1 aromatic heterocycles. The Hall–Kier alpha value is -1.54. The van der Waals surface area contributed by atoms with Gasteiger partial charge in [-0.05, 0) is 43.7 Å². The van der Waals surface area contributed by atoms with Gasteiger partial charge in [-0.25, -0.2) is 0 Å². The monoisotopic (exact) mass is 245 g/mol. The molecule has 0 amide bonds. The molecule has 0 saturated carbocycles. The normalized spacial score (nSPS) is 12.6. The molecule has 0 atom stereocenters. The molecule has 1 rings (SSSR count). The molecule has 1 aromatic rings. The van der Waals surface area contributed by atoms with Gasteiger partial charge in [-0.1, -0.05) is 25.8 Å². The Labute approximate surface area is 107 Å². The van der Waals surface area contributed by atoms with E-state index in [4.69, 9.17) is 0 Å². The third-order valence-electron chi connectivity index (χ3n) is 2.22. The number of nitrogens with one attached hydrogen (secondary N) is 1. The maximum Gasteiger partial charge on any atom is 0.0363 e. The summed E-state index contributed by atoms with van der Waals surface area (Å²) in [7, 11) is 0. The van der Waals surface area contributed by atoms with Gasteiger partial charge in [0.05, 0.1) is 0 Å². The fourth-order valence-electron chi connectivity index (χ4n) is 1.35. The van der Waals surface area contributed by atoms with Crippen molar-refractivity contribution in [3.63, 3.8) is 0 Å². The summed E-state index contributed by atoms with van der Waals surface area (Å²) >= 11 is 1.71. The van der Waals surface area contributed by atoms with Gasteiger partial charge in [0.1, 0.15) is 0 Å². The SMILES string of the molecule is C=C(C)NC(=C/C)/C=c1/sc(C(=C)C)cc1=C. The van der Waals surface area contributed by atoms with Crippen molar-refractivity contribution in [3.8, 4) is 0 Å². The molecule has 17 heavy (non-hydrogen) atoms. The van der Waals surface area contributed by atoms with Crippen molar-refractivity contribution in [1.82, 2.24) is 5.32 Å². The van der Waals surface area contributed by atoms with E-state index in [1.165, 1.54) is 4.88 Å². The van der Waals surface area contributed by atoms with Crippen molar-refractivity contribution < 1.29 is 0 Å². The average Bonchev–Trinajstić information content (AvgIpc) is 2.59. The van der Waals surface area contributed by atoms with Crippen molar-refractivity contribution in [2.45, 2.75) is 20.8 Å². The smallest absolute Gasteiger partial charge is 0.0363 e. The summed E-state index contributed by atoms with van der Waals surface area (Å²) in [6, 6.07) is 2.08. The lowest BCUT2D eigenvalue weighted by Crippen LogP contribution is -2.18. The number of allylic oxidation sites excluding steroid dienone is 4. The van der Waals surface area contributed by atoms with Crippen molar-refractivity contribution in [2.75, 3.05) is 0 Å². The summed E-state index contributed by atoms with van der Waals surface area (Å²) in [5.41, 5.74) is 3.04. The van der Waals surface area contributed by atoms with E-state index >= 15 is 0 Å². The van der Waals surface area contributed by atoms with Crippen LogP contribution in [0.25, 0.3) is 18.2 Å². The first-order chi connectivity index (χ1) is 7.93. The molecule has 0 unspecified atom stereocenters. The van der Waals surface area contributed by atoms with Gasteiger partial charge in [-0.3, -0.25) is 0 Å². The molecule has 0 aliphatic carbocycles. The summed E-state index contributed by atoms with van der Waals surface area (Å²) < 4.78 is 1.16. The second-order valence-electron chi connectivity index (χ2n) is 4.07. The van der Waals surface area contributed by atoms with Crippen LogP contribution in [-0.4, -0.2) is 0 Å². The second-order valence-corrected chi connectivity index (χ2v) is 5.16. The first kappa shape index (κ1) is 13.5. The fourth-order valence-corrected chi connectivity index (χ4v) is 2.34. The average molecular weight is 245 g/mol. The highest BCUT2D eigenvalue weighted by Gasteiger charge is 1.98. The van der Waals surface area contributed by atoms with Gasteiger partial charge >= 0.3 is 0 Å². The van der Waals surface area contributed by atoms with E-state index in [-0.39, 0.29) is 0 Å². The highest BCUT2D eigenvalue weighted by molar-refractivity contribution is 7.11. The molecule has 0 aromatic carbocycles. The Morgan fingerprint density at radius 1 is 1.35 bits per heavy atom. The van der Waals surface area contributed by atoms with Crippen LogP contribution in [-0.2, 0) is 0 Å². The number of hydrogen-bond donors (Lipinski definition) is 1. The maximum absolute atomic E-state index is 4.05. The molecule has 2 heteroatoms. The quantitative estimate of drug-likeness (QED) is 0.860. The minimum Gasteiger partial charge on any atom is -0.360 e. The maximum atomic E-state index is 4.05. The molecule has 0 fully saturated rings. The second kappa shape index (κ2) is 5.69. The Bertz CT molecular complexity index is 573. The zero-order chi connectivity index (χ0) is 13.0. The third kappa shape index (κ3) is 3.75. The lowest BCUT2D eigenvalue weighted by atomic mass is 10.2. The Balaban J connectivity index is 3.19. The summed E-state index contributed by atoms with van der Waals surface area (Å²) in [6.45, 7) is 17.8. The molecular weight excluding hydrogens is 226 g/mol. The predicted molar refractivity (Wildman–Crippen MR) is 80.0 cm³/mol. The van der Waals surface area contributed by atoms with Crippen molar-refractivity contribution in [2.24, 2.45) is 0 Å². The van der Waals surface area contributed by atoms with Crippen molar-refractivity contribution in [3.05, 3.63) is 51.3 Å². The van der Waals surface area contributed by atoms with Gasteiger partial charge in [0.25, 0.3) is 0 Å². The van der Waals surface area contributed by atoms with Crippen molar-refractivity contribution >= 4 is 29.6 Å². The van der Waals surface area contributed by atoms with Gasteiger partial charge in [-0.2, -0.15) is 0 Å². The largest absolute Gasteiger partial charge is 0.360 e. The molecule has 1 N–H and O–H groups in total. The Kier molecular flexibility index (Phi) is 4.53. The molecule has 90 valence electrons. The number of thiophene rings is 1. The molecule has 0 spiro atoms. The van der Waals surface area contributed by atoms with Gasteiger partial charge in [0.2, 0.25) is 0 Å². The molecule has 0 radical (unpaired) electrons. The number of rotatable bonds is 4. The molecule has 1 nitrogen and oxygen atoms in total. The third-order valence-corrected chi connectivity index (χ3v) is 3.50. The van der Waals surface area contributed by atoms with E-state index in [0.29, 0.717) is 0 Å². The minimum atomic E-state index is 0.927. The molecule has 0 aliphatic heterocycles. The first-order valence-electron chi connectivity index (χ1n) is 5.49. The van der Waals surface area contributed by atoms with Crippen LogP contribution in [0.1, 0.15) is 25.6 Å². The summed E-state index contributed by atoms with van der Waals surface area (Å²) in [6.07, 6.45) is 4.11. The summed E-state index contributed by atoms with van der Waals surface area (Å²) in [5, 5.41) is 4.25. The predicted octanol–water partition coefficient (Wildman–Crippen LogP) is 3.00. The van der Waals surface area contributed by atoms with Gasteiger partial charge in [-0.15, -0.1) is 11.3 Å². The number of hydrogen-bond acceptors (Lipinski definition) is 2. The summed E-state index contributed by atoms with van der Waals surface area (Å²) in [4.78, 5) is 1.19. The van der Waals surface area contributed by atoms with Gasteiger partial charge in [0, 0.05) is 20.8 Å². The van der Waals surface area contributed by atoms with Gasteiger partial charge < -0.3 is 5.32 Å². The standard InChI is InChI=1S/C15H19NS/c1-7-13(16-11(4)5)9-15-12(6)8-14(17-15)10(2)3/h7-9,16H,2,4,6H2,1,3,5H3/b13-7+,15-9+. The van der Waals surface area contributed by atoms with Crippen LogP contribution >= 0.6 is 11.3 Å². The van der Waals surface area contributed by atoms with Crippen LogP contribution in [0.4, 0.5) is 0 Å². The van der Waals surface area contributed by atoms with E-state index in [0.717, 1.165) is 26.7 Å². The van der Waals surface area contributed by atoms with E-state index in [2.05, 4.69) is 37.2 Å². The van der Waals surface area contributed by atoms with Crippen LogP contribution in [0, 0.1) is 0 Å². The van der Waals surface area contributed by atoms with Gasteiger partial charge in [0.15, 0.2) is 0 Å². The van der Waals surface area contributed by atoms with Crippen LogP contribution < -0.4 is 15.1 Å². The fraction of sp³-hybridized carbons (Fsp3) is 0.200. The molecule has 0 bridgehead atoms. The summed E-state index contributed by atoms with van der Waals surface area (Å²) in [5.74, 6) is 0. The zero-order valence-corrected chi connectivity index (χ0v) is 11.6. The minimum absolute atomic E-state index is 0.927. The van der Waals surface area contributed by atoms with Crippen molar-refractivity contribution in [1.29, 1.82) is 0 Å². The topological polar surface area (TPSA) is 12.0 Å². The first-order valence-corrected chi connectivity index (χ1v) is 6.31. The van der Waals surface area contributed by atoms with E-state index in [9.17, 15) is 0 Å². The van der Waals surface area contributed by atoms with E-state index in [1.807, 2.05) is 26.8 Å². The lowest BCUT2D eigenvalue weighted by Gasteiger charge is -2.04. The van der Waals surface area contributed by atoms with E-state index < -0.39 is 0 Å². The Morgan fingerprint density at radius 3 is 2.41 bits per heavy atom. The van der Waals surface area contributed by atoms with Crippen LogP contribution in [0.2, 0.25) is 0 Å². The van der Waals surface area contributed by atoms with Crippen LogP contribution in [0.15, 0.2) is 36.7 Å². The van der Waals surface area contributed by atoms with Crippen LogP contribution in [0.3, 0.4) is 0 Å². The van der Waals surface area contributed by atoms with Crippen LogP contribution in [0.5, 0.6) is 0 Å². The zero-order valence-electron chi connectivity index (χ0n) is 10.8. The molecular formula is C15H19NS.